The topological polar surface area (TPSA) is 45.2 Å². The van der Waals surface area contributed by atoms with Gasteiger partial charge in [-0.2, -0.15) is 0 Å². The third-order valence-corrected chi connectivity index (χ3v) is 4.89. The summed E-state index contributed by atoms with van der Waals surface area (Å²) in [6.45, 7) is 2.31. The maximum atomic E-state index is 12.7. The summed E-state index contributed by atoms with van der Waals surface area (Å²) in [5.74, 6) is 0.0855. The van der Waals surface area contributed by atoms with Crippen LogP contribution in [0.1, 0.15) is 22.0 Å². The van der Waals surface area contributed by atoms with Gasteiger partial charge in [0.15, 0.2) is 0 Å². The first-order valence-electron chi connectivity index (χ1n) is 6.41. The van der Waals surface area contributed by atoms with Crippen LogP contribution in [0.15, 0.2) is 39.8 Å². The van der Waals surface area contributed by atoms with Crippen LogP contribution in [0.3, 0.4) is 0 Å². The summed E-state index contributed by atoms with van der Waals surface area (Å²) in [6.07, 6.45) is 3.59. The van der Waals surface area contributed by atoms with Gasteiger partial charge in [-0.05, 0) is 33.6 Å². The van der Waals surface area contributed by atoms with Gasteiger partial charge in [-0.25, -0.2) is 0 Å². The van der Waals surface area contributed by atoms with Crippen molar-refractivity contribution >= 4 is 45.6 Å². The van der Waals surface area contributed by atoms with Crippen LogP contribution in [0.2, 0.25) is 0 Å². The van der Waals surface area contributed by atoms with Gasteiger partial charge >= 0.3 is 0 Å². The molecule has 7 heteroatoms. The van der Waals surface area contributed by atoms with Crippen molar-refractivity contribution in [2.45, 2.75) is 6.04 Å². The lowest BCUT2D eigenvalue weighted by Crippen LogP contribution is -2.48. The molecule has 0 saturated carbocycles. The van der Waals surface area contributed by atoms with Gasteiger partial charge in [-0.3, -0.25) is 9.78 Å². The summed E-state index contributed by atoms with van der Waals surface area (Å²) in [6, 6.07) is 5.86. The summed E-state index contributed by atoms with van der Waals surface area (Å²) < 4.78 is 0.980. The van der Waals surface area contributed by atoms with Gasteiger partial charge in [0.25, 0.3) is 5.91 Å². The van der Waals surface area contributed by atoms with Crippen LogP contribution >= 0.6 is 39.7 Å². The summed E-state index contributed by atoms with van der Waals surface area (Å²) in [4.78, 5) is 18.8. The number of carbonyl (C=O) groups is 1. The molecule has 1 unspecified atom stereocenters. The lowest BCUT2D eigenvalue weighted by Gasteiger charge is -2.36. The third kappa shape index (κ3) is 3.63. The summed E-state index contributed by atoms with van der Waals surface area (Å²) in [5.41, 5.74) is 1.82. The molecule has 1 amide bonds. The van der Waals surface area contributed by atoms with Gasteiger partial charge in [0, 0.05) is 37.4 Å². The van der Waals surface area contributed by atoms with E-state index in [0.29, 0.717) is 6.54 Å². The number of halogens is 2. The van der Waals surface area contributed by atoms with E-state index in [1.165, 1.54) is 11.3 Å². The Kier molecular flexibility index (Phi) is 5.75. The van der Waals surface area contributed by atoms with Gasteiger partial charge in [-0.1, -0.05) is 6.07 Å². The summed E-state index contributed by atoms with van der Waals surface area (Å²) >= 11 is 4.94. The second-order valence-electron chi connectivity index (χ2n) is 4.64. The number of amides is 1. The zero-order valence-corrected chi connectivity index (χ0v) is 14.4. The molecule has 21 heavy (non-hydrogen) atoms. The predicted molar refractivity (Wildman–Crippen MR) is 90.2 cm³/mol. The molecule has 1 aliphatic rings. The van der Waals surface area contributed by atoms with E-state index in [2.05, 4.69) is 26.2 Å². The molecule has 3 heterocycles. The predicted octanol–water partition coefficient (Wildman–Crippen LogP) is 3.11. The zero-order chi connectivity index (χ0) is 13.9. The van der Waals surface area contributed by atoms with Crippen LogP contribution in [-0.4, -0.2) is 35.4 Å². The van der Waals surface area contributed by atoms with Crippen molar-refractivity contribution < 1.29 is 4.79 Å². The van der Waals surface area contributed by atoms with Crippen molar-refractivity contribution in [2.75, 3.05) is 19.6 Å². The van der Waals surface area contributed by atoms with Crippen molar-refractivity contribution in [2.24, 2.45) is 0 Å². The molecule has 1 fully saturated rings. The van der Waals surface area contributed by atoms with Crippen LogP contribution < -0.4 is 5.32 Å². The molecule has 0 radical (unpaired) electrons. The summed E-state index contributed by atoms with van der Waals surface area (Å²) in [5, 5.41) is 5.24. The number of carbonyl (C=O) groups excluding carboxylic acids is 1. The van der Waals surface area contributed by atoms with E-state index in [9.17, 15) is 4.79 Å². The van der Waals surface area contributed by atoms with Gasteiger partial charge in [0.2, 0.25) is 0 Å². The number of thiophene rings is 1. The Morgan fingerprint density at radius 2 is 2.38 bits per heavy atom. The first kappa shape index (κ1) is 16.4. The fraction of sp³-hybridized carbons (Fsp3) is 0.286. The minimum Gasteiger partial charge on any atom is -0.329 e. The minimum absolute atomic E-state index is 0. The van der Waals surface area contributed by atoms with E-state index >= 15 is 0 Å². The fourth-order valence-electron chi connectivity index (χ4n) is 2.41. The largest absolute Gasteiger partial charge is 0.329 e. The molecule has 4 nitrogen and oxygen atoms in total. The second kappa shape index (κ2) is 7.35. The highest BCUT2D eigenvalue weighted by atomic mass is 79.9. The van der Waals surface area contributed by atoms with Gasteiger partial charge in [0.1, 0.15) is 0 Å². The van der Waals surface area contributed by atoms with Gasteiger partial charge in [-0.15, -0.1) is 23.7 Å². The fourth-order valence-corrected chi connectivity index (χ4v) is 3.54. The van der Waals surface area contributed by atoms with Crippen LogP contribution in [0.5, 0.6) is 0 Å². The number of hydrogen-bond donors (Lipinski definition) is 1. The Morgan fingerprint density at radius 1 is 1.52 bits per heavy atom. The Bertz CT molecular complexity index is 607. The Labute approximate surface area is 142 Å². The Balaban J connectivity index is 0.00000161. The molecule has 1 N–H and O–H groups in total. The summed E-state index contributed by atoms with van der Waals surface area (Å²) in [7, 11) is 0. The van der Waals surface area contributed by atoms with Crippen molar-refractivity contribution in [1.82, 2.24) is 15.2 Å². The van der Waals surface area contributed by atoms with Gasteiger partial charge in [0.05, 0.1) is 15.4 Å². The molecule has 0 aliphatic carbocycles. The van der Waals surface area contributed by atoms with Crippen molar-refractivity contribution in [1.29, 1.82) is 0 Å². The van der Waals surface area contributed by atoms with E-state index in [1.807, 2.05) is 34.7 Å². The molecule has 1 atom stereocenters. The zero-order valence-electron chi connectivity index (χ0n) is 11.2. The number of rotatable bonds is 2. The molecule has 2 aromatic rings. The van der Waals surface area contributed by atoms with Crippen molar-refractivity contribution in [3.63, 3.8) is 0 Å². The van der Waals surface area contributed by atoms with Gasteiger partial charge < -0.3 is 10.2 Å². The maximum absolute atomic E-state index is 12.7. The first-order chi connectivity index (χ1) is 9.75. The number of nitrogens with zero attached hydrogens (tertiary/aromatic N) is 2. The quantitative estimate of drug-likeness (QED) is 0.860. The molecule has 112 valence electrons. The highest BCUT2D eigenvalue weighted by Crippen LogP contribution is 2.27. The number of nitrogens with one attached hydrogen (secondary N) is 1. The molecular formula is C14H15BrClN3OS. The molecular weight excluding hydrogens is 374 g/mol. The Morgan fingerprint density at radius 3 is 3.05 bits per heavy atom. The van der Waals surface area contributed by atoms with Crippen molar-refractivity contribution in [3.8, 4) is 0 Å². The first-order valence-corrected chi connectivity index (χ1v) is 8.08. The molecule has 1 saturated heterocycles. The number of hydrogen-bond acceptors (Lipinski definition) is 4. The average molecular weight is 389 g/mol. The minimum atomic E-state index is 0. The highest BCUT2D eigenvalue weighted by Gasteiger charge is 2.29. The third-order valence-electron chi connectivity index (χ3n) is 3.39. The molecule has 1 aliphatic heterocycles. The molecule has 0 bridgehead atoms. The number of pyridine rings is 1. The lowest BCUT2D eigenvalue weighted by atomic mass is 10.0. The smallest absolute Gasteiger partial charge is 0.255 e. The number of aromatic nitrogens is 1. The second-order valence-corrected chi connectivity index (χ2v) is 6.93. The van der Waals surface area contributed by atoms with Crippen LogP contribution in [-0.2, 0) is 0 Å². The van der Waals surface area contributed by atoms with E-state index < -0.39 is 0 Å². The van der Waals surface area contributed by atoms with Crippen LogP contribution in [0.4, 0.5) is 0 Å². The van der Waals surface area contributed by atoms with E-state index in [-0.39, 0.29) is 24.4 Å². The van der Waals surface area contributed by atoms with E-state index in [0.717, 1.165) is 28.0 Å². The maximum Gasteiger partial charge on any atom is 0.255 e. The highest BCUT2D eigenvalue weighted by molar-refractivity contribution is 9.11. The normalized spacial score (nSPS) is 18.1. The van der Waals surface area contributed by atoms with Crippen molar-refractivity contribution in [3.05, 3.63) is 50.9 Å². The monoisotopic (exact) mass is 387 g/mol. The number of piperazine rings is 1. The molecule has 2 aromatic heterocycles. The van der Waals surface area contributed by atoms with Crippen LogP contribution in [0, 0.1) is 0 Å². The lowest BCUT2D eigenvalue weighted by molar-refractivity contribution is 0.0634. The molecule has 3 rings (SSSR count). The average Bonchev–Trinajstić information content (AvgIpc) is 2.94. The van der Waals surface area contributed by atoms with E-state index in [1.54, 1.807) is 6.20 Å². The standard InChI is InChI=1S/C14H14BrN3OS.ClH/c15-13-6-11(9-20-13)14(19)18-5-4-17-8-12(18)10-2-1-3-16-7-10;/h1-3,6-7,9,12,17H,4-5,8H2;1H. The van der Waals surface area contributed by atoms with E-state index in [4.69, 9.17) is 0 Å². The Hall–Kier alpha value is -0.950. The molecule has 0 spiro atoms. The van der Waals surface area contributed by atoms with Crippen LogP contribution in [0.25, 0.3) is 0 Å². The SMILES string of the molecule is Cl.O=C(c1csc(Br)c1)N1CCNCC1c1cccnc1. The molecule has 0 aromatic carbocycles.